The molecular weight excluding hydrogens is 450 g/mol. The van der Waals surface area contributed by atoms with Gasteiger partial charge in [0.15, 0.2) is 0 Å². The molecule has 2 unspecified atom stereocenters. The summed E-state index contributed by atoms with van der Waals surface area (Å²) in [6.07, 6.45) is 6.75. The van der Waals surface area contributed by atoms with Crippen LogP contribution in [0.3, 0.4) is 0 Å². The number of nitrogens with one attached hydrogen (secondary N) is 1. The van der Waals surface area contributed by atoms with Gasteiger partial charge in [-0.2, -0.15) is 4.98 Å². The largest absolute Gasteiger partial charge is 0.378 e. The van der Waals surface area contributed by atoms with Gasteiger partial charge in [0.25, 0.3) is 0 Å². The van der Waals surface area contributed by atoms with Gasteiger partial charge in [-0.3, -0.25) is 0 Å². The summed E-state index contributed by atoms with van der Waals surface area (Å²) in [5, 5.41) is 7.69. The quantitative estimate of drug-likeness (QED) is 0.480. The molecule has 0 aliphatic carbocycles. The van der Waals surface area contributed by atoms with Gasteiger partial charge in [-0.15, -0.1) is 11.3 Å². The lowest BCUT2D eigenvalue weighted by molar-refractivity contribution is 0.102. The lowest BCUT2D eigenvalue weighted by Crippen LogP contribution is -2.22. The summed E-state index contributed by atoms with van der Waals surface area (Å²) in [5.41, 5.74) is 0.921. The molecule has 6 nitrogen and oxygen atoms in total. The number of rotatable bonds is 8. The lowest BCUT2D eigenvalue weighted by Gasteiger charge is -2.21. The van der Waals surface area contributed by atoms with E-state index in [1.807, 2.05) is 35.7 Å². The maximum Gasteiger partial charge on any atom is 0.228 e. The van der Waals surface area contributed by atoms with Gasteiger partial charge in [-0.1, -0.05) is 15.9 Å². The Balaban J connectivity index is 1.55. The number of anilines is 2. The zero-order valence-corrected chi connectivity index (χ0v) is 19.2. The number of ether oxygens (including phenoxy) is 1. The molecule has 1 aromatic carbocycles. The van der Waals surface area contributed by atoms with Crippen LogP contribution in [0.25, 0.3) is 10.9 Å². The zero-order valence-electron chi connectivity index (χ0n) is 16.8. The SMILES string of the molecule is CC(CCC1CCCO1)Nc1nc(N(C)Cc2nccs2)nc2cc(Br)ccc12. The van der Waals surface area contributed by atoms with Crippen molar-refractivity contribution in [2.75, 3.05) is 23.9 Å². The average Bonchev–Trinajstić information content (AvgIpc) is 3.40. The van der Waals surface area contributed by atoms with Crippen molar-refractivity contribution in [3.8, 4) is 0 Å². The molecule has 3 aromatic rings. The molecule has 1 saturated heterocycles. The molecule has 3 heterocycles. The van der Waals surface area contributed by atoms with Crippen LogP contribution in [0.2, 0.25) is 0 Å². The van der Waals surface area contributed by atoms with Crippen LogP contribution in [0.15, 0.2) is 34.2 Å². The number of halogens is 1. The summed E-state index contributed by atoms with van der Waals surface area (Å²) in [6, 6.07) is 6.45. The van der Waals surface area contributed by atoms with E-state index in [0.29, 0.717) is 24.6 Å². The summed E-state index contributed by atoms with van der Waals surface area (Å²) in [5.74, 6) is 1.57. The normalized spacial score (nSPS) is 17.6. The molecule has 1 aliphatic rings. The highest BCUT2D eigenvalue weighted by Crippen LogP contribution is 2.28. The number of aromatic nitrogens is 3. The van der Waals surface area contributed by atoms with Crippen LogP contribution in [0.5, 0.6) is 0 Å². The van der Waals surface area contributed by atoms with E-state index in [9.17, 15) is 0 Å². The van der Waals surface area contributed by atoms with Crippen LogP contribution in [0, 0.1) is 0 Å². The smallest absolute Gasteiger partial charge is 0.228 e. The van der Waals surface area contributed by atoms with Crippen molar-refractivity contribution in [1.82, 2.24) is 15.0 Å². The van der Waals surface area contributed by atoms with Crippen molar-refractivity contribution in [3.05, 3.63) is 39.3 Å². The number of fused-ring (bicyclic) bond motifs is 1. The second kappa shape index (κ2) is 9.36. The summed E-state index contributed by atoms with van der Waals surface area (Å²) >= 11 is 5.21. The molecule has 2 atom stereocenters. The number of nitrogens with zero attached hydrogens (tertiary/aromatic N) is 4. The third-order valence-electron chi connectivity index (χ3n) is 5.17. The summed E-state index contributed by atoms with van der Waals surface area (Å²) in [7, 11) is 2.01. The Morgan fingerprint density at radius 3 is 3.03 bits per heavy atom. The van der Waals surface area contributed by atoms with E-state index in [2.05, 4.69) is 39.2 Å². The fraction of sp³-hybridized carbons (Fsp3) is 0.476. The van der Waals surface area contributed by atoms with E-state index in [-0.39, 0.29) is 0 Å². The van der Waals surface area contributed by atoms with E-state index in [0.717, 1.165) is 45.6 Å². The van der Waals surface area contributed by atoms with Gasteiger partial charge in [0.05, 0.1) is 18.2 Å². The van der Waals surface area contributed by atoms with Crippen LogP contribution in [-0.4, -0.2) is 40.8 Å². The van der Waals surface area contributed by atoms with Gasteiger partial charge in [0.1, 0.15) is 10.8 Å². The Labute approximate surface area is 183 Å². The number of hydrogen-bond acceptors (Lipinski definition) is 7. The van der Waals surface area contributed by atoms with Gasteiger partial charge in [0, 0.05) is 41.1 Å². The number of benzene rings is 1. The van der Waals surface area contributed by atoms with Crippen LogP contribution in [0.1, 0.15) is 37.6 Å². The fourth-order valence-electron chi connectivity index (χ4n) is 3.59. The third kappa shape index (κ3) is 5.24. The predicted molar refractivity (Wildman–Crippen MR) is 123 cm³/mol. The molecular formula is C21H26BrN5OS. The van der Waals surface area contributed by atoms with Crippen LogP contribution in [-0.2, 0) is 11.3 Å². The predicted octanol–water partition coefficient (Wildman–Crippen LogP) is 5.24. The molecule has 8 heteroatoms. The Bertz CT molecular complexity index is 946. The van der Waals surface area contributed by atoms with E-state index in [4.69, 9.17) is 14.7 Å². The standard InChI is InChI=1S/C21H26BrN5OS/c1-14(5-7-16-4-3-10-28-16)24-20-17-8-6-15(22)12-18(17)25-21(26-20)27(2)13-19-23-9-11-29-19/h6,8-9,11-12,14,16H,3-5,7,10,13H2,1-2H3,(H,24,25,26). The van der Waals surface area contributed by atoms with Crippen molar-refractivity contribution < 1.29 is 4.74 Å². The Kier molecular flexibility index (Phi) is 6.62. The molecule has 0 spiro atoms. The van der Waals surface area contributed by atoms with Crippen molar-refractivity contribution >= 4 is 49.9 Å². The van der Waals surface area contributed by atoms with E-state index >= 15 is 0 Å². The van der Waals surface area contributed by atoms with Crippen molar-refractivity contribution in [3.63, 3.8) is 0 Å². The minimum atomic E-state index is 0.304. The van der Waals surface area contributed by atoms with Crippen molar-refractivity contribution in [2.24, 2.45) is 0 Å². The monoisotopic (exact) mass is 475 g/mol. The molecule has 0 radical (unpaired) electrons. The first-order valence-electron chi connectivity index (χ1n) is 10.0. The first-order valence-corrected chi connectivity index (χ1v) is 11.7. The van der Waals surface area contributed by atoms with Gasteiger partial charge in [-0.05, 0) is 50.8 Å². The summed E-state index contributed by atoms with van der Waals surface area (Å²) in [4.78, 5) is 16.1. The van der Waals surface area contributed by atoms with Crippen LogP contribution >= 0.6 is 27.3 Å². The molecule has 0 bridgehead atoms. The minimum absolute atomic E-state index is 0.304. The fourth-order valence-corrected chi connectivity index (χ4v) is 4.61. The first-order chi connectivity index (χ1) is 14.1. The molecule has 0 amide bonds. The molecule has 1 fully saturated rings. The summed E-state index contributed by atoms with van der Waals surface area (Å²) in [6.45, 7) is 3.80. The highest BCUT2D eigenvalue weighted by molar-refractivity contribution is 9.10. The second-order valence-electron chi connectivity index (χ2n) is 7.57. The van der Waals surface area contributed by atoms with Crippen LogP contribution in [0.4, 0.5) is 11.8 Å². The Morgan fingerprint density at radius 2 is 2.28 bits per heavy atom. The van der Waals surface area contributed by atoms with E-state index < -0.39 is 0 Å². The summed E-state index contributed by atoms with van der Waals surface area (Å²) < 4.78 is 6.78. The molecule has 154 valence electrons. The van der Waals surface area contributed by atoms with Gasteiger partial charge in [-0.25, -0.2) is 9.97 Å². The van der Waals surface area contributed by atoms with Gasteiger partial charge >= 0.3 is 0 Å². The highest BCUT2D eigenvalue weighted by atomic mass is 79.9. The van der Waals surface area contributed by atoms with Gasteiger partial charge in [0.2, 0.25) is 5.95 Å². The van der Waals surface area contributed by atoms with Crippen LogP contribution < -0.4 is 10.2 Å². The van der Waals surface area contributed by atoms with E-state index in [1.165, 1.54) is 12.8 Å². The second-order valence-corrected chi connectivity index (χ2v) is 9.47. The molecule has 1 aliphatic heterocycles. The molecule has 0 saturated carbocycles. The Hall–Kier alpha value is -1.77. The number of thiazole rings is 1. The third-order valence-corrected chi connectivity index (χ3v) is 6.43. The van der Waals surface area contributed by atoms with Crippen molar-refractivity contribution in [1.29, 1.82) is 0 Å². The van der Waals surface area contributed by atoms with Crippen molar-refractivity contribution in [2.45, 2.75) is 51.3 Å². The van der Waals surface area contributed by atoms with Gasteiger partial charge < -0.3 is 15.0 Å². The molecule has 4 rings (SSSR count). The molecule has 29 heavy (non-hydrogen) atoms. The maximum absolute atomic E-state index is 5.77. The lowest BCUT2D eigenvalue weighted by atomic mass is 10.1. The first kappa shape index (κ1) is 20.5. The maximum atomic E-state index is 5.77. The number of hydrogen-bond donors (Lipinski definition) is 1. The highest BCUT2D eigenvalue weighted by Gasteiger charge is 2.18. The zero-order chi connectivity index (χ0) is 20.2. The molecule has 2 aromatic heterocycles. The Morgan fingerprint density at radius 1 is 1.38 bits per heavy atom. The van der Waals surface area contributed by atoms with E-state index in [1.54, 1.807) is 11.3 Å². The minimum Gasteiger partial charge on any atom is -0.378 e. The molecule has 1 N–H and O–H groups in total. The average molecular weight is 476 g/mol. The topological polar surface area (TPSA) is 63.2 Å².